The van der Waals surface area contributed by atoms with Crippen LogP contribution in [0.25, 0.3) is 123 Å². The van der Waals surface area contributed by atoms with Gasteiger partial charge in [0.25, 0.3) is 0 Å². The van der Waals surface area contributed by atoms with Crippen LogP contribution in [0.15, 0.2) is 267 Å². The van der Waals surface area contributed by atoms with Gasteiger partial charge in [-0.25, -0.2) is 0 Å². The van der Waals surface area contributed by atoms with Gasteiger partial charge < -0.3 is 0 Å². The van der Waals surface area contributed by atoms with Gasteiger partial charge >= 0.3 is 0 Å². The molecule has 0 N–H and O–H groups in total. The highest BCUT2D eigenvalue weighted by atomic mass is 14.7. The van der Waals surface area contributed by atoms with Gasteiger partial charge in [0.15, 0.2) is 0 Å². The lowest BCUT2D eigenvalue weighted by Crippen LogP contribution is -1.94. The van der Waals surface area contributed by atoms with E-state index in [1.807, 2.05) is 42.9 Å². The molecule has 75 heavy (non-hydrogen) atoms. The molecule has 356 valence electrons. The van der Waals surface area contributed by atoms with Gasteiger partial charge in [-0.1, -0.05) is 200 Å². The van der Waals surface area contributed by atoms with Crippen LogP contribution in [-0.2, 0) is 0 Å². The standard InChI is InChI=1S/C72H53N3/c1-48-15-14-16-57(41-48)51-25-27-54(28-26-51)69-46-58(72-42-49(2)50(3)47-75-72)37-38-68(69)67-22-9-8-21-66(67)61-44-59(64-19-6-4-17-62(64)52-29-33-55(34-30-52)70-23-10-12-39-73-70)43-60(45-61)65-20-7-5-18-63(65)53-31-35-56(36-32-53)71-24-11-13-40-74-71/h4-47H,1-3H3. The minimum atomic E-state index is 0.956. The molecule has 3 heterocycles. The van der Waals surface area contributed by atoms with Crippen molar-refractivity contribution in [3.05, 3.63) is 284 Å². The van der Waals surface area contributed by atoms with Crippen molar-refractivity contribution in [2.75, 3.05) is 0 Å². The molecule has 3 nitrogen and oxygen atoms in total. The number of rotatable bonds is 11. The van der Waals surface area contributed by atoms with Gasteiger partial charge in [0.05, 0.1) is 17.1 Å². The Hall–Kier alpha value is -9.57. The molecule has 0 saturated heterocycles. The number of benzene rings is 9. The maximum atomic E-state index is 4.94. The van der Waals surface area contributed by atoms with Crippen LogP contribution in [-0.4, -0.2) is 15.0 Å². The molecule has 0 aliphatic carbocycles. The topological polar surface area (TPSA) is 38.7 Å². The monoisotopic (exact) mass is 959 g/mol. The first-order valence-electron chi connectivity index (χ1n) is 25.6. The average molecular weight is 960 g/mol. The lowest BCUT2D eigenvalue weighted by Gasteiger charge is -2.19. The second kappa shape index (κ2) is 20.5. The van der Waals surface area contributed by atoms with E-state index in [0.29, 0.717) is 0 Å². The lowest BCUT2D eigenvalue weighted by molar-refractivity contribution is 1.22. The SMILES string of the molecule is Cc1cccc(-c2ccc(-c3cc(-c4cc(C)c(C)cn4)ccc3-c3ccccc3-c3cc(-c4ccccc4-c4ccc(-c5ccccn5)cc4)cc(-c4ccccc4-c4ccc(-c5ccccn5)cc4)c3)cc2)c1. The summed E-state index contributed by atoms with van der Waals surface area (Å²) in [6.07, 6.45) is 5.68. The van der Waals surface area contributed by atoms with Crippen molar-refractivity contribution in [3.8, 4) is 123 Å². The van der Waals surface area contributed by atoms with Gasteiger partial charge in [-0.15, -0.1) is 0 Å². The average Bonchev–Trinajstić information content (AvgIpc) is 3.48. The summed E-state index contributed by atoms with van der Waals surface area (Å²) in [5, 5.41) is 0. The fourth-order valence-corrected chi connectivity index (χ4v) is 10.4. The molecule has 0 saturated carbocycles. The summed E-state index contributed by atoms with van der Waals surface area (Å²) in [5.41, 5.74) is 28.2. The summed E-state index contributed by atoms with van der Waals surface area (Å²) in [6, 6.07) is 90.2. The fourth-order valence-electron chi connectivity index (χ4n) is 10.4. The van der Waals surface area contributed by atoms with Gasteiger partial charge in [-0.05, 0) is 176 Å². The molecule has 0 spiro atoms. The van der Waals surface area contributed by atoms with E-state index in [0.717, 1.165) is 112 Å². The Morgan fingerprint density at radius 3 is 1.11 bits per heavy atom. The molecule has 0 unspecified atom stereocenters. The van der Waals surface area contributed by atoms with Crippen LogP contribution in [0, 0.1) is 20.8 Å². The van der Waals surface area contributed by atoms with Gasteiger partial charge in [-0.2, -0.15) is 0 Å². The highest BCUT2D eigenvalue weighted by molar-refractivity contribution is 5.97. The smallest absolute Gasteiger partial charge is 0.0705 e. The maximum absolute atomic E-state index is 4.94. The number of hydrogen-bond donors (Lipinski definition) is 0. The highest BCUT2D eigenvalue weighted by Gasteiger charge is 2.19. The third kappa shape index (κ3) is 9.64. The third-order valence-electron chi connectivity index (χ3n) is 14.5. The van der Waals surface area contributed by atoms with E-state index in [9.17, 15) is 0 Å². The minimum Gasteiger partial charge on any atom is -0.256 e. The summed E-state index contributed by atoms with van der Waals surface area (Å²) in [5.74, 6) is 0. The highest BCUT2D eigenvalue weighted by Crippen LogP contribution is 2.45. The molecule has 12 aromatic rings. The second-order valence-electron chi connectivity index (χ2n) is 19.4. The molecule has 12 rings (SSSR count). The molecule has 9 aromatic carbocycles. The first kappa shape index (κ1) is 46.5. The van der Waals surface area contributed by atoms with Crippen molar-refractivity contribution in [1.29, 1.82) is 0 Å². The van der Waals surface area contributed by atoms with Crippen LogP contribution in [0.3, 0.4) is 0 Å². The molecule has 0 amide bonds. The fraction of sp³-hybridized carbons (Fsp3) is 0.0417. The van der Waals surface area contributed by atoms with Crippen molar-refractivity contribution in [1.82, 2.24) is 15.0 Å². The summed E-state index contributed by atoms with van der Waals surface area (Å²) in [7, 11) is 0. The Labute approximate surface area is 440 Å². The van der Waals surface area contributed by atoms with E-state index in [1.54, 1.807) is 0 Å². The van der Waals surface area contributed by atoms with Crippen LogP contribution in [0.5, 0.6) is 0 Å². The number of aromatic nitrogens is 3. The van der Waals surface area contributed by atoms with Gasteiger partial charge in [-0.3, -0.25) is 15.0 Å². The Kier molecular flexibility index (Phi) is 12.7. The Morgan fingerprint density at radius 1 is 0.213 bits per heavy atom. The molecule has 0 radical (unpaired) electrons. The molecule has 0 aliphatic rings. The van der Waals surface area contributed by atoms with Gasteiger partial charge in [0, 0.05) is 35.3 Å². The molecule has 0 aliphatic heterocycles. The van der Waals surface area contributed by atoms with Crippen molar-refractivity contribution in [2.24, 2.45) is 0 Å². The van der Waals surface area contributed by atoms with Crippen LogP contribution in [0.4, 0.5) is 0 Å². The minimum absolute atomic E-state index is 0.956. The van der Waals surface area contributed by atoms with Crippen LogP contribution in [0.2, 0.25) is 0 Å². The van der Waals surface area contributed by atoms with E-state index < -0.39 is 0 Å². The largest absolute Gasteiger partial charge is 0.256 e. The predicted molar refractivity (Wildman–Crippen MR) is 314 cm³/mol. The summed E-state index contributed by atoms with van der Waals surface area (Å²) in [4.78, 5) is 14.2. The molecular formula is C72H53N3. The number of pyridine rings is 3. The second-order valence-corrected chi connectivity index (χ2v) is 19.4. The number of aryl methyl sites for hydroxylation is 3. The Balaban J connectivity index is 1.04. The summed E-state index contributed by atoms with van der Waals surface area (Å²) >= 11 is 0. The van der Waals surface area contributed by atoms with Crippen LogP contribution >= 0.6 is 0 Å². The molecule has 0 bridgehead atoms. The number of hydrogen-bond acceptors (Lipinski definition) is 3. The van der Waals surface area contributed by atoms with E-state index >= 15 is 0 Å². The lowest BCUT2D eigenvalue weighted by atomic mass is 9.84. The van der Waals surface area contributed by atoms with Crippen molar-refractivity contribution < 1.29 is 0 Å². The third-order valence-corrected chi connectivity index (χ3v) is 14.5. The van der Waals surface area contributed by atoms with E-state index in [1.165, 1.54) is 27.8 Å². The van der Waals surface area contributed by atoms with E-state index in [4.69, 9.17) is 4.98 Å². The van der Waals surface area contributed by atoms with E-state index in [-0.39, 0.29) is 0 Å². The molecule has 0 fully saturated rings. The molecule has 3 heteroatoms. The first-order chi connectivity index (χ1) is 36.9. The van der Waals surface area contributed by atoms with Crippen LogP contribution < -0.4 is 0 Å². The maximum Gasteiger partial charge on any atom is 0.0705 e. The Bertz CT molecular complexity index is 3850. The molecule has 0 atom stereocenters. The van der Waals surface area contributed by atoms with Gasteiger partial charge in [0.1, 0.15) is 0 Å². The van der Waals surface area contributed by atoms with Crippen molar-refractivity contribution in [2.45, 2.75) is 20.8 Å². The molecular weight excluding hydrogens is 907 g/mol. The Morgan fingerprint density at radius 2 is 0.627 bits per heavy atom. The quantitative estimate of drug-likeness (QED) is 0.130. The zero-order valence-corrected chi connectivity index (χ0v) is 42.2. The zero-order chi connectivity index (χ0) is 50.7. The predicted octanol–water partition coefficient (Wildman–Crippen LogP) is 19.1. The number of nitrogens with zero attached hydrogens (tertiary/aromatic N) is 3. The summed E-state index contributed by atoms with van der Waals surface area (Å²) < 4.78 is 0. The summed E-state index contributed by atoms with van der Waals surface area (Å²) in [6.45, 7) is 6.43. The van der Waals surface area contributed by atoms with E-state index in [2.05, 4.69) is 255 Å². The zero-order valence-electron chi connectivity index (χ0n) is 42.2. The van der Waals surface area contributed by atoms with Crippen molar-refractivity contribution >= 4 is 0 Å². The van der Waals surface area contributed by atoms with Crippen molar-refractivity contribution in [3.63, 3.8) is 0 Å². The normalized spacial score (nSPS) is 11.1. The first-order valence-corrected chi connectivity index (χ1v) is 25.6. The van der Waals surface area contributed by atoms with Gasteiger partial charge in [0.2, 0.25) is 0 Å². The van der Waals surface area contributed by atoms with Crippen LogP contribution in [0.1, 0.15) is 16.7 Å². The molecule has 3 aromatic heterocycles.